The summed E-state index contributed by atoms with van der Waals surface area (Å²) in [5, 5.41) is 0. The van der Waals surface area contributed by atoms with E-state index in [1.807, 2.05) is 13.0 Å². The molecule has 6 nitrogen and oxygen atoms in total. The van der Waals surface area contributed by atoms with Crippen molar-refractivity contribution in [1.29, 1.82) is 0 Å². The highest BCUT2D eigenvalue weighted by Gasteiger charge is 2.38. The lowest BCUT2D eigenvalue weighted by Gasteiger charge is -2.42. The molecule has 1 atom stereocenters. The van der Waals surface area contributed by atoms with Crippen LogP contribution in [0.4, 0.5) is 0 Å². The van der Waals surface area contributed by atoms with Gasteiger partial charge in [0.05, 0.1) is 6.04 Å². The Kier molecular flexibility index (Phi) is 5.99. The largest absolute Gasteiger partial charge is 0.447 e. The fourth-order valence-corrected chi connectivity index (χ4v) is 5.33. The van der Waals surface area contributed by atoms with Crippen LogP contribution in [0, 0.1) is 6.92 Å². The van der Waals surface area contributed by atoms with Gasteiger partial charge in [0, 0.05) is 32.6 Å². The Balaban J connectivity index is 1.58. The number of carbonyl (C=O) groups excluding carboxylic acids is 3. The summed E-state index contributed by atoms with van der Waals surface area (Å²) in [5.41, 5.74) is 4.16. The minimum atomic E-state index is -0.247. The van der Waals surface area contributed by atoms with E-state index in [2.05, 4.69) is 33.8 Å². The predicted octanol–water partition coefficient (Wildman–Crippen LogP) is 4.86. The van der Waals surface area contributed by atoms with Crippen LogP contribution in [0.3, 0.4) is 0 Å². The van der Waals surface area contributed by atoms with Crippen LogP contribution in [-0.4, -0.2) is 53.6 Å². The van der Waals surface area contributed by atoms with E-state index in [1.165, 1.54) is 18.1 Å². The van der Waals surface area contributed by atoms with Crippen LogP contribution in [0.15, 0.2) is 28.7 Å². The maximum atomic E-state index is 13.4. The van der Waals surface area contributed by atoms with Gasteiger partial charge >= 0.3 is 0 Å². The summed E-state index contributed by atoms with van der Waals surface area (Å²) in [7, 11) is 1.76. The summed E-state index contributed by atoms with van der Waals surface area (Å²) >= 11 is 0. The lowest BCUT2D eigenvalue weighted by atomic mass is 9.62. The molecule has 2 heterocycles. The van der Waals surface area contributed by atoms with Gasteiger partial charge in [-0.2, -0.15) is 0 Å². The van der Waals surface area contributed by atoms with E-state index < -0.39 is 0 Å². The van der Waals surface area contributed by atoms with Gasteiger partial charge in [-0.3, -0.25) is 14.4 Å². The van der Waals surface area contributed by atoms with E-state index in [0.717, 1.165) is 24.8 Å². The summed E-state index contributed by atoms with van der Waals surface area (Å²) < 4.78 is 5.79. The second-order valence-corrected chi connectivity index (χ2v) is 11.3. The molecule has 1 saturated heterocycles. The molecule has 2 aliphatic rings. The van der Waals surface area contributed by atoms with Crippen LogP contribution in [-0.2, 0) is 15.6 Å². The Morgan fingerprint density at radius 1 is 1.00 bits per heavy atom. The van der Waals surface area contributed by atoms with Crippen molar-refractivity contribution < 1.29 is 18.8 Å². The first-order chi connectivity index (χ1) is 15.8. The molecule has 1 aromatic carbocycles. The van der Waals surface area contributed by atoms with Crippen LogP contribution >= 0.6 is 0 Å². The zero-order chi connectivity index (χ0) is 25.0. The molecule has 1 aliphatic heterocycles. The van der Waals surface area contributed by atoms with Gasteiger partial charge in [0.15, 0.2) is 11.5 Å². The number of hydrogen-bond donors (Lipinski definition) is 0. The zero-order valence-corrected chi connectivity index (χ0v) is 21.4. The standard InChI is InChI=1S/C28H36N2O4/c1-17-14-21-22(28(5,6)12-11-27(21,3)4)15-20(17)25(32)23-8-9-24(34-23)26(33)30-13-10-19(16-30)29(7)18(2)31/h8-9,14-15,19H,10-13,16H2,1-7H3. The Morgan fingerprint density at radius 3 is 2.21 bits per heavy atom. The first-order valence-electron chi connectivity index (χ1n) is 12.1. The lowest BCUT2D eigenvalue weighted by Crippen LogP contribution is -2.38. The molecule has 1 fully saturated rings. The van der Waals surface area contributed by atoms with Crippen LogP contribution in [0.2, 0.25) is 0 Å². The van der Waals surface area contributed by atoms with E-state index in [0.29, 0.717) is 18.7 Å². The van der Waals surface area contributed by atoms with Gasteiger partial charge in [-0.05, 0) is 71.9 Å². The topological polar surface area (TPSA) is 70.8 Å². The van der Waals surface area contributed by atoms with Gasteiger partial charge in [0.25, 0.3) is 5.91 Å². The summed E-state index contributed by atoms with van der Waals surface area (Å²) in [6.07, 6.45) is 2.91. The number of aryl methyl sites for hydroxylation is 1. The van der Waals surface area contributed by atoms with Gasteiger partial charge in [-0.25, -0.2) is 0 Å². The van der Waals surface area contributed by atoms with Crippen molar-refractivity contribution in [3.05, 3.63) is 58.0 Å². The third-order valence-corrected chi connectivity index (χ3v) is 7.98. The highest BCUT2D eigenvalue weighted by Crippen LogP contribution is 2.46. The summed E-state index contributed by atoms with van der Waals surface area (Å²) in [6.45, 7) is 13.5. The quantitative estimate of drug-likeness (QED) is 0.606. The number of hydrogen-bond acceptors (Lipinski definition) is 4. The van der Waals surface area contributed by atoms with E-state index in [-0.39, 0.29) is 46.0 Å². The first-order valence-corrected chi connectivity index (χ1v) is 12.1. The molecule has 0 N–H and O–H groups in total. The first kappa shape index (κ1) is 24.2. The average molecular weight is 465 g/mol. The minimum Gasteiger partial charge on any atom is -0.447 e. The van der Waals surface area contributed by atoms with Crippen molar-refractivity contribution in [2.45, 2.75) is 77.7 Å². The molecule has 1 unspecified atom stereocenters. The Labute approximate surface area is 202 Å². The highest BCUT2D eigenvalue weighted by molar-refractivity contribution is 6.09. The molecule has 34 heavy (non-hydrogen) atoms. The molecule has 4 rings (SSSR count). The molecule has 2 amide bonds. The second kappa shape index (κ2) is 8.40. The Bertz CT molecular complexity index is 1160. The number of carbonyl (C=O) groups is 3. The second-order valence-electron chi connectivity index (χ2n) is 11.3. The van der Waals surface area contributed by atoms with Crippen LogP contribution in [0.25, 0.3) is 0 Å². The summed E-state index contributed by atoms with van der Waals surface area (Å²) in [4.78, 5) is 41.4. The normalized spacial score (nSPS) is 20.7. The maximum Gasteiger partial charge on any atom is 0.289 e. The van der Waals surface area contributed by atoms with Crippen molar-refractivity contribution >= 4 is 17.6 Å². The number of ketones is 1. The van der Waals surface area contributed by atoms with Crippen molar-refractivity contribution in [3.63, 3.8) is 0 Å². The summed E-state index contributed by atoms with van der Waals surface area (Å²) in [6, 6.07) is 7.38. The SMILES string of the molecule is CC(=O)N(C)C1CCN(C(=O)c2ccc(C(=O)c3cc4c(cc3C)C(C)(C)CCC4(C)C)o2)C1. The predicted molar refractivity (Wildman–Crippen MR) is 131 cm³/mol. The molecule has 0 saturated carbocycles. The minimum absolute atomic E-state index is 0.00278. The molecule has 1 aromatic heterocycles. The lowest BCUT2D eigenvalue weighted by molar-refractivity contribution is -0.129. The molecule has 182 valence electrons. The third kappa shape index (κ3) is 4.19. The van der Waals surface area contributed by atoms with Crippen LogP contribution in [0.5, 0.6) is 0 Å². The van der Waals surface area contributed by atoms with Crippen molar-refractivity contribution in [2.75, 3.05) is 20.1 Å². The smallest absolute Gasteiger partial charge is 0.289 e. The van der Waals surface area contributed by atoms with Gasteiger partial charge in [-0.1, -0.05) is 33.8 Å². The van der Waals surface area contributed by atoms with Gasteiger partial charge < -0.3 is 14.2 Å². The number of rotatable bonds is 4. The van der Waals surface area contributed by atoms with Crippen molar-refractivity contribution in [2.24, 2.45) is 0 Å². The molecular formula is C28H36N2O4. The third-order valence-electron chi connectivity index (χ3n) is 7.98. The van der Waals surface area contributed by atoms with Gasteiger partial charge in [0.2, 0.25) is 11.7 Å². The van der Waals surface area contributed by atoms with E-state index in [4.69, 9.17) is 4.42 Å². The van der Waals surface area contributed by atoms with Gasteiger partial charge in [0.1, 0.15) is 0 Å². The Hall–Kier alpha value is -2.89. The number of nitrogens with zero attached hydrogens (tertiary/aromatic N) is 2. The zero-order valence-electron chi connectivity index (χ0n) is 21.4. The fraction of sp³-hybridized carbons (Fsp3) is 0.536. The molecule has 2 aromatic rings. The van der Waals surface area contributed by atoms with E-state index in [1.54, 1.807) is 29.0 Å². The number of amides is 2. The molecule has 1 aliphatic carbocycles. The Morgan fingerprint density at radius 2 is 1.59 bits per heavy atom. The number of furan rings is 1. The number of likely N-dealkylation sites (N-methyl/N-ethyl adjacent to an activating group) is 1. The van der Waals surface area contributed by atoms with E-state index >= 15 is 0 Å². The number of likely N-dealkylation sites (tertiary alicyclic amines) is 1. The van der Waals surface area contributed by atoms with Crippen LogP contribution in [0.1, 0.15) is 97.2 Å². The number of benzene rings is 1. The maximum absolute atomic E-state index is 13.4. The molecule has 0 bridgehead atoms. The van der Waals surface area contributed by atoms with Crippen LogP contribution < -0.4 is 0 Å². The summed E-state index contributed by atoms with van der Waals surface area (Å²) in [5.74, 6) is -0.128. The van der Waals surface area contributed by atoms with Crippen molar-refractivity contribution in [3.8, 4) is 0 Å². The highest BCUT2D eigenvalue weighted by atomic mass is 16.4. The van der Waals surface area contributed by atoms with Gasteiger partial charge in [-0.15, -0.1) is 0 Å². The average Bonchev–Trinajstić information content (AvgIpc) is 3.45. The fourth-order valence-electron chi connectivity index (χ4n) is 5.33. The number of fused-ring (bicyclic) bond motifs is 1. The van der Waals surface area contributed by atoms with Crippen molar-refractivity contribution in [1.82, 2.24) is 9.80 Å². The monoisotopic (exact) mass is 464 g/mol. The molecule has 6 heteroatoms. The molecule has 0 radical (unpaired) electrons. The van der Waals surface area contributed by atoms with E-state index in [9.17, 15) is 14.4 Å². The molecule has 0 spiro atoms. The molecular weight excluding hydrogens is 428 g/mol.